The Morgan fingerprint density at radius 1 is 0.882 bits per heavy atom. The molecule has 3 rings (SSSR count). The number of hydrogen-bond donors (Lipinski definition) is 3. The van der Waals surface area contributed by atoms with Crippen molar-refractivity contribution in [3.63, 3.8) is 0 Å². The van der Waals surface area contributed by atoms with Gasteiger partial charge in [0, 0.05) is 27.8 Å². The normalized spacial score (nSPS) is 10.5. The number of ether oxygens (including phenoxy) is 1. The number of carbonyl (C=O) groups excluding carboxylic acids is 3. The van der Waals surface area contributed by atoms with E-state index in [1.807, 2.05) is 30.3 Å². The zero-order chi connectivity index (χ0) is 24.3. The first-order valence-electron chi connectivity index (χ1n) is 10.0. The molecule has 10 heteroatoms. The van der Waals surface area contributed by atoms with Crippen LogP contribution in [0.3, 0.4) is 0 Å². The van der Waals surface area contributed by atoms with Gasteiger partial charge in [-0.25, -0.2) is 5.43 Å². The van der Waals surface area contributed by atoms with Gasteiger partial charge in [-0.2, -0.15) is 5.10 Å². The average Bonchev–Trinajstić information content (AvgIpc) is 2.82. The number of hydrogen-bond acceptors (Lipinski definition) is 5. The number of rotatable bonds is 8. The van der Waals surface area contributed by atoms with Crippen LogP contribution in [0, 0.1) is 0 Å². The molecule has 0 aromatic heterocycles. The zero-order valence-electron chi connectivity index (χ0n) is 17.8. The number of hydrazone groups is 1. The molecule has 34 heavy (non-hydrogen) atoms. The SMILES string of the molecule is O=C(COc1ccc(Cl)cc1/C=N\NC(=O)C(=O)Nc1cccc(Cl)c1)NCc1ccccc1. The van der Waals surface area contributed by atoms with E-state index >= 15 is 0 Å². The van der Waals surface area contributed by atoms with E-state index in [9.17, 15) is 14.4 Å². The Hall–Kier alpha value is -3.88. The molecule has 0 fully saturated rings. The van der Waals surface area contributed by atoms with Gasteiger partial charge < -0.3 is 15.4 Å². The third kappa shape index (κ3) is 7.91. The molecule has 3 N–H and O–H groups in total. The minimum absolute atomic E-state index is 0.232. The summed E-state index contributed by atoms with van der Waals surface area (Å²) in [6, 6.07) is 20.5. The number of amides is 3. The molecular weight excluding hydrogens is 479 g/mol. The maximum absolute atomic E-state index is 12.1. The van der Waals surface area contributed by atoms with E-state index in [0.29, 0.717) is 33.6 Å². The number of nitrogens with zero attached hydrogens (tertiary/aromatic N) is 1. The molecule has 0 atom stereocenters. The van der Waals surface area contributed by atoms with Gasteiger partial charge in [-0.1, -0.05) is 59.6 Å². The number of anilines is 1. The average molecular weight is 499 g/mol. The molecule has 3 aromatic carbocycles. The van der Waals surface area contributed by atoms with Crippen molar-refractivity contribution in [1.29, 1.82) is 0 Å². The van der Waals surface area contributed by atoms with Crippen molar-refractivity contribution in [3.8, 4) is 5.75 Å². The Bertz CT molecular complexity index is 1200. The molecule has 3 aromatic rings. The molecule has 0 saturated heterocycles. The van der Waals surface area contributed by atoms with Gasteiger partial charge in [-0.05, 0) is 42.0 Å². The van der Waals surface area contributed by atoms with Crippen molar-refractivity contribution in [2.45, 2.75) is 6.54 Å². The topological polar surface area (TPSA) is 109 Å². The minimum Gasteiger partial charge on any atom is -0.483 e. The molecule has 8 nitrogen and oxygen atoms in total. The summed E-state index contributed by atoms with van der Waals surface area (Å²) in [6.07, 6.45) is 1.26. The standard InChI is InChI=1S/C24H20Cl2N4O4/c25-18-7-4-8-20(12-18)29-23(32)24(33)30-28-14-17-11-19(26)9-10-21(17)34-15-22(31)27-13-16-5-2-1-3-6-16/h1-12,14H,13,15H2,(H,27,31)(H,29,32)(H,30,33)/b28-14-. The van der Waals surface area contributed by atoms with E-state index < -0.39 is 11.8 Å². The van der Waals surface area contributed by atoms with Crippen molar-refractivity contribution < 1.29 is 19.1 Å². The highest BCUT2D eigenvalue weighted by Crippen LogP contribution is 2.21. The third-order valence-corrected chi connectivity index (χ3v) is 4.79. The van der Waals surface area contributed by atoms with Crippen molar-refractivity contribution in [3.05, 3.63) is 94.0 Å². The van der Waals surface area contributed by atoms with Gasteiger partial charge >= 0.3 is 11.8 Å². The summed E-state index contributed by atoms with van der Waals surface area (Å²) < 4.78 is 5.57. The lowest BCUT2D eigenvalue weighted by molar-refractivity contribution is -0.136. The monoisotopic (exact) mass is 498 g/mol. The Morgan fingerprint density at radius 2 is 1.65 bits per heavy atom. The second-order valence-corrected chi connectivity index (χ2v) is 7.77. The fourth-order valence-electron chi connectivity index (χ4n) is 2.71. The predicted octanol–water partition coefficient (Wildman–Crippen LogP) is 3.78. The molecule has 3 amide bonds. The third-order valence-electron chi connectivity index (χ3n) is 4.32. The van der Waals surface area contributed by atoms with Gasteiger partial charge in [0.15, 0.2) is 6.61 Å². The first kappa shape index (κ1) is 24.8. The molecule has 0 bridgehead atoms. The molecule has 0 radical (unpaired) electrons. The van der Waals surface area contributed by atoms with Crippen LogP contribution in [0.5, 0.6) is 5.75 Å². The Kier molecular flexibility index (Phi) is 9.02. The Morgan fingerprint density at radius 3 is 2.41 bits per heavy atom. The Labute approximate surface area is 205 Å². The van der Waals surface area contributed by atoms with Crippen LogP contribution in [0.25, 0.3) is 0 Å². The largest absolute Gasteiger partial charge is 0.483 e. The van der Waals surface area contributed by atoms with Crippen LogP contribution in [-0.2, 0) is 20.9 Å². The van der Waals surface area contributed by atoms with Gasteiger partial charge in [0.2, 0.25) is 0 Å². The number of carbonyl (C=O) groups is 3. The summed E-state index contributed by atoms with van der Waals surface area (Å²) in [4.78, 5) is 36.1. The zero-order valence-corrected chi connectivity index (χ0v) is 19.3. The quantitative estimate of drug-likeness (QED) is 0.249. The fraction of sp³-hybridized carbons (Fsp3) is 0.0833. The lowest BCUT2D eigenvalue weighted by atomic mass is 10.2. The van der Waals surface area contributed by atoms with Crippen molar-refractivity contribution in [2.75, 3.05) is 11.9 Å². The maximum atomic E-state index is 12.1. The summed E-state index contributed by atoms with van der Waals surface area (Å²) >= 11 is 11.9. The minimum atomic E-state index is -0.985. The number of nitrogens with one attached hydrogen (secondary N) is 3. The summed E-state index contributed by atoms with van der Waals surface area (Å²) in [6.45, 7) is 0.144. The lowest BCUT2D eigenvalue weighted by Gasteiger charge is -2.10. The molecule has 0 heterocycles. The predicted molar refractivity (Wildman–Crippen MR) is 131 cm³/mol. The van der Waals surface area contributed by atoms with Crippen LogP contribution in [0.2, 0.25) is 10.0 Å². The van der Waals surface area contributed by atoms with E-state index in [2.05, 4.69) is 21.2 Å². The first-order valence-corrected chi connectivity index (χ1v) is 10.8. The van der Waals surface area contributed by atoms with E-state index in [1.54, 1.807) is 36.4 Å². The van der Waals surface area contributed by atoms with E-state index in [0.717, 1.165) is 5.56 Å². The van der Waals surface area contributed by atoms with Crippen molar-refractivity contribution in [2.24, 2.45) is 5.10 Å². The van der Waals surface area contributed by atoms with Crippen LogP contribution in [0.15, 0.2) is 77.9 Å². The van der Waals surface area contributed by atoms with Gasteiger partial charge in [-0.15, -0.1) is 0 Å². The molecule has 0 aliphatic heterocycles. The van der Waals surface area contributed by atoms with Crippen LogP contribution in [0.1, 0.15) is 11.1 Å². The molecule has 0 aliphatic rings. The summed E-state index contributed by atoms with van der Waals surface area (Å²) in [5, 5.41) is 9.76. The summed E-state index contributed by atoms with van der Waals surface area (Å²) in [5.41, 5.74) is 3.86. The van der Waals surface area contributed by atoms with Gasteiger partial charge in [0.25, 0.3) is 5.91 Å². The van der Waals surface area contributed by atoms with Crippen LogP contribution < -0.4 is 20.8 Å². The second kappa shape index (κ2) is 12.4. The molecule has 0 saturated carbocycles. The Balaban J connectivity index is 1.53. The summed E-state index contributed by atoms with van der Waals surface area (Å²) in [5.74, 6) is -1.90. The molecule has 174 valence electrons. The number of benzene rings is 3. The van der Waals surface area contributed by atoms with E-state index in [4.69, 9.17) is 27.9 Å². The smallest absolute Gasteiger partial charge is 0.329 e. The molecule has 0 aliphatic carbocycles. The molecule has 0 spiro atoms. The van der Waals surface area contributed by atoms with Crippen molar-refractivity contribution in [1.82, 2.24) is 10.7 Å². The highest BCUT2D eigenvalue weighted by atomic mass is 35.5. The maximum Gasteiger partial charge on any atom is 0.329 e. The van der Waals surface area contributed by atoms with Gasteiger partial charge in [0.05, 0.1) is 6.21 Å². The van der Waals surface area contributed by atoms with Crippen LogP contribution in [-0.4, -0.2) is 30.5 Å². The molecule has 0 unspecified atom stereocenters. The van der Waals surface area contributed by atoms with Gasteiger partial charge in [0.1, 0.15) is 5.75 Å². The second-order valence-electron chi connectivity index (χ2n) is 6.90. The van der Waals surface area contributed by atoms with Gasteiger partial charge in [-0.3, -0.25) is 14.4 Å². The van der Waals surface area contributed by atoms with Crippen LogP contribution in [0.4, 0.5) is 5.69 Å². The van der Waals surface area contributed by atoms with Crippen LogP contribution >= 0.6 is 23.2 Å². The van der Waals surface area contributed by atoms with Crippen molar-refractivity contribution >= 4 is 52.8 Å². The fourth-order valence-corrected chi connectivity index (χ4v) is 3.08. The molecular formula is C24H20Cl2N4O4. The highest BCUT2D eigenvalue weighted by Gasteiger charge is 2.13. The number of halogens is 2. The summed E-state index contributed by atoms with van der Waals surface area (Å²) in [7, 11) is 0. The first-order chi connectivity index (χ1) is 16.4. The highest BCUT2D eigenvalue weighted by molar-refractivity contribution is 6.39. The van der Waals surface area contributed by atoms with E-state index in [1.165, 1.54) is 12.3 Å². The lowest BCUT2D eigenvalue weighted by Crippen LogP contribution is -2.32. The van der Waals surface area contributed by atoms with E-state index in [-0.39, 0.29) is 12.5 Å².